The number of nitrogens with zero attached hydrogens (tertiary/aromatic N) is 2. The van der Waals surface area contributed by atoms with E-state index in [1.807, 2.05) is 42.5 Å². The molecule has 0 unspecified atom stereocenters. The van der Waals surface area contributed by atoms with E-state index in [0.717, 1.165) is 10.8 Å². The van der Waals surface area contributed by atoms with Crippen LogP contribution in [0, 0.1) is 10.1 Å². The van der Waals surface area contributed by atoms with Gasteiger partial charge in [-0.25, -0.2) is 10.2 Å². The Morgan fingerprint density at radius 3 is 2.48 bits per heavy atom. The molecule has 3 rings (SSSR count). The highest BCUT2D eigenvalue weighted by Gasteiger charge is 2.05. The van der Waals surface area contributed by atoms with Gasteiger partial charge in [0, 0.05) is 17.5 Å². The molecule has 7 nitrogen and oxygen atoms in total. The van der Waals surface area contributed by atoms with Crippen molar-refractivity contribution in [2.24, 2.45) is 5.10 Å². The van der Waals surface area contributed by atoms with Crippen molar-refractivity contribution in [2.45, 2.75) is 0 Å². The smallest absolute Gasteiger partial charge is 0.306 e. The van der Waals surface area contributed by atoms with Crippen molar-refractivity contribution in [3.63, 3.8) is 0 Å². The van der Waals surface area contributed by atoms with E-state index in [9.17, 15) is 14.9 Å². The maximum Gasteiger partial charge on any atom is 0.339 e. The first-order valence-corrected chi connectivity index (χ1v) is 7.46. The highest BCUT2D eigenvalue weighted by atomic mass is 16.6. The molecule has 0 aliphatic carbocycles. The topological polar surface area (TPSA) is 96.6 Å². The second-order valence-electron chi connectivity index (χ2n) is 5.20. The van der Waals surface area contributed by atoms with Crippen molar-refractivity contribution in [1.82, 2.24) is 5.43 Å². The van der Waals surface area contributed by atoms with Gasteiger partial charge in [0.1, 0.15) is 0 Å². The molecule has 3 aromatic carbocycles. The third kappa shape index (κ3) is 3.97. The molecular formula is C18H14N4O3. The number of nitro groups is 1. The number of nitro benzene ring substituents is 1. The first kappa shape index (κ1) is 16.1. The minimum Gasteiger partial charge on any atom is -0.306 e. The van der Waals surface area contributed by atoms with Crippen molar-refractivity contribution < 1.29 is 9.72 Å². The van der Waals surface area contributed by atoms with Crippen molar-refractivity contribution in [2.75, 3.05) is 5.32 Å². The number of rotatable bonds is 4. The second kappa shape index (κ2) is 7.22. The zero-order valence-corrected chi connectivity index (χ0v) is 13.0. The van der Waals surface area contributed by atoms with Gasteiger partial charge in [0.25, 0.3) is 5.69 Å². The van der Waals surface area contributed by atoms with Gasteiger partial charge >= 0.3 is 6.03 Å². The van der Waals surface area contributed by atoms with Crippen LogP contribution >= 0.6 is 0 Å². The molecule has 0 saturated heterocycles. The van der Waals surface area contributed by atoms with Crippen LogP contribution in [0.4, 0.5) is 16.2 Å². The minimum atomic E-state index is -0.477. The van der Waals surface area contributed by atoms with Crippen LogP contribution < -0.4 is 10.7 Å². The summed E-state index contributed by atoms with van der Waals surface area (Å²) in [5.41, 5.74) is 3.68. The Morgan fingerprint density at radius 2 is 1.72 bits per heavy atom. The van der Waals surface area contributed by atoms with Crippen molar-refractivity contribution in [3.8, 4) is 0 Å². The summed E-state index contributed by atoms with van der Waals surface area (Å²) in [6.45, 7) is 0. The van der Waals surface area contributed by atoms with E-state index in [0.29, 0.717) is 11.3 Å². The fourth-order valence-corrected chi connectivity index (χ4v) is 2.33. The Hall–Kier alpha value is -3.74. The zero-order chi connectivity index (χ0) is 17.6. The van der Waals surface area contributed by atoms with Crippen LogP contribution in [0.2, 0.25) is 0 Å². The molecule has 0 radical (unpaired) electrons. The van der Waals surface area contributed by atoms with Crippen LogP contribution in [-0.2, 0) is 0 Å². The van der Waals surface area contributed by atoms with Crippen LogP contribution in [0.5, 0.6) is 0 Å². The molecule has 2 N–H and O–H groups in total. The predicted molar refractivity (Wildman–Crippen MR) is 96.8 cm³/mol. The number of nitrogens with one attached hydrogen (secondary N) is 2. The Kier molecular flexibility index (Phi) is 4.66. The normalized spacial score (nSPS) is 10.7. The Bertz CT molecular complexity index is 947. The summed E-state index contributed by atoms with van der Waals surface area (Å²) in [5.74, 6) is 0. The molecule has 7 heteroatoms. The highest BCUT2D eigenvalue weighted by Crippen LogP contribution is 2.22. The monoisotopic (exact) mass is 334 g/mol. The van der Waals surface area contributed by atoms with E-state index in [4.69, 9.17) is 0 Å². The van der Waals surface area contributed by atoms with Gasteiger partial charge in [-0.1, -0.05) is 36.4 Å². The summed E-state index contributed by atoms with van der Waals surface area (Å²) in [6.07, 6.45) is 1.41. The molecule has 0 bridgehead atoms. The number of fused-ring (bicyclic) bond motifs is 1. The van der Waals surface area contributed by atoms with E-state index in [1.165, 1.54) is 18.3 Å². The lowest BCUT2D eigenvalue weighted by Crippen LogP contribution is -2.24. The van der Waals surface area contributed by atoms with Gasteiger partial charge < -0.3 is 5.32 Å². The van der Waals surface area contributed by atoms with E-state index in [1.54, 1.807) is 12.1 Å². The number of carbonyl (C=O) groups is 1. The average Bonchev–Trinajstić information content (AvgIpc) is 2.62. The molecule has 0 aliphatic heterocycles. The van der Waals surface area contributed by atoms with Gasteiger partial charge in [-0.3, -0.25) is 10.1 Å². The van der Waals surface area contributed by atoms with Crippen LogP contribution in [0.3, 0.4) is 0 Å². The van der Waals surface area contributed by atoms with Crippen molar-refractivity contribution in [3.05, 3.63) is 82.4 Å². The molecule has 0 aromatic heterocycles. The van der Waals surface area contributed by atoms with Gasteiger partial charge in [0.2, 0.25) is 0 Å². The molecule has 0 saturated carbocycles. The largest absolute Gasteiger partial charge is 0.339 e. The minimum absolute atomic E-state index is 0.00110. The fraction of sp³-hybridized carbons (Fsp3) is 0. The van der Waals surface area contributed by atoms with E-state index in [2.05, 4.69) is 15.8 Å². The predicted octanol–water partition coefficient (Wildman–Crippen LogP) is 3.90. The van der Waals surface area contributed by atoms with Gasteiger partial charge in [-0.2, -0.15) is 5.10 Å². The highest BCUT2D eigenvalue weighted by molar-refractivity contribution is 6.01. The van der Waals surface area contributed by atoms with Crippen LogP contribution in [-0.4, -0.2) is 17.2 Å². The lowest BCUT2D eigenvalue weighted by Gasteiger charge is -2.07. The second-order valence-corrected chi connectivity index (χ2v) is 5.20. The Labute approximate surface area is 143 Å². The summed E-state index contributed by atoms with van der Waals surface area (Å²) in [6, 6.07) is 18.7. The van der Waals surface area contributed by atoms with Crippen LogP contribution in [0.15, 0.2) is 71.8 Å². The number of anilines is 1. The maximum atomic E-state index is 12.0. The van der Waals surface area contributed by atoms with Crippen LogP contribution in [0.1, 0.15) is 5.56 Å². The summed E-state index contributed by atoms with van der Waals surface area (Å²) >= 11 is 0. The summed E-state index contributed by atoms with van der Waals surface area (Å²) in [4.78, 5) is 22.1. The van der Waals surface area contributed by atoms with Gasteiger partial charge in [-0.15, -0.1) is 0 Å². The Morgan fingerprint density at radius 1 is 1.00 bits per heavy atom. The van der Waals surface area contributed by atoms with Gasteiger partial charge in [-0.05, 0) is 29.1 Å². The third-order valence-corrected chi connectivity index (χ3v) is 3.52. The van der Waals surface area contributed by atoms with E-state index >= 15 is 0 Å². The number of hydrazone groups is 1. The maximum absolute atomic E-state index is 12.0. The number of hydrogen-bond acceptors (Lipinski definition) is 4. The lowest BCUT2D eigenvalue weighted by atomic mass is 10.1. The zero-order valence-electron chi connectivity index (χ0n) is 13.0. The number of hydrogen-bond donors (Lipinski definition) is 2. The van der Waals surface area contributed by atoms with E-state index < -0.39 is 11.0 Å². The van der Waals surface area contributed by atoms with Gasteiger partial charge in [0.15, 0.2) is 0 Å². The number of urea groups is 1. The van der Waals surface area contributed by atoms with E-state index in [-0.39, 0.29) is 5.69 Å². The fourth-order valence-electron chi connectivity index (χ4n) is 2.33. The molecule has 3 aromatic rings. The molecule has 0 spiro atoms. The molecule has 124 valence electrons. The van der Waals surface area contributed by atoms with Crippen molar-refractivity contribution >= 4 is 34.4 Å². The molecule has 0 atom stereocenters. The molecule has 25 heavy (non-hydrogen) atoms. The van der Waals surface area contributed by atoms with Crippen LogP contribution in [0.25, 0.3) is 10.8 Å². The standard InChI is InChI=1S/C18H14N4O3/c23-18(20-17-7-3-5-14-4-1-2-6-16(14)17)21-19-12-13-8-10-15(11-9-13)22(24)25/h1-12H,(H2,20,21,23)/b19-12+. The number of amides is 2. The SMILES string of the molecule is O=C(N/N=C/c1ccc([N+](=O)[O-])cc1)Nc1cccc2ccccc12. The number of non-ortho nitro benzene ring substituents is 1. The molecule has 2 amide bonds. The first-order chi connectivity index (χ1) is 12.1. The summed E-state index contributed by atoms with van der Waals surface area (Å²) in [5, 5.41) is 19.1. The quantitative estimate of drug-likeness (QED) is 0.430. The van der Waals surface area contributed by atoms with Gasteiger partial charge in [0.05, 0.1) is 16.8 Å². The third-order valence-electron chi connectivity index (χ3n) is 3.52. The Balaban J connectivity index is 1.63. The summed E-state index contributed by atoms with van der Waals surface area (Å²) < 4.78 is 0. The molecular weight excluding hydrogens is 320 g/mol. The molecule has 0 fully saturated rings. The first-order valence-electron chi connectivity index (χ1n) is 7.46. The molecule has 0 heterocycles. The summed E-state index contributed by atoms with van der Waals surface area (Å²) in [7, 11) is 0. The number of benzene rings is 3. The average molecular weight is 334 g/mol. The lowest BCUT2D eigenvalue weighted by molar-refractivity contribution is -0.384. The number of carbonyl (C=O) groups excluding carboxylic acids is 1. The molecule has 0 aliphatic rings. The van der Waals surface area contributed by atoms with Crippen molar-refractivity contribution in [1.29, 1.82) is 0 Å².